The van der Waals surface area contributed by atoms with Crippen molar-refractivity contribution in [3.63, 3.8) is 0 Å². The predicted molar refractivity (Wildman–Crippen MR) is 74.4 cm³/mol. The maximum Gasteiger partial charge on any atom is 0.309 e. The highest BCUT2D eigenvalue weighted by molar-refractivity contribution is 6.35. The molecule has 2 saturated carbocycles. The zero-order valence-corrected chi connectivity index (χ0v) is 12.5. The quantitative estimate of drug-likeness (QED) is 0.749. The second-order valence-corrected chi connectivity index (χ2v) is 7.30. The number of fused-ring (bicyclic) bond motifs is 2. The zero-order valence-electron chi connectivity index (χ0n) is 12.5. The monoisotopic (exact) mass is 266 g/mol. The lowest BCUT2D eigenvalue weighted by Gasteiger charge is -2.28. The van der Waals surface area contributed by atoms with Gasteiger partial charge in [0.2, 0.25) is 0 Å². The van der Waals surface area contributed by atoms with Crippen molar-refractivity contribution in [1.29, 1.82) is 0 Å². The van der Waals surface area contributed by atoms with Crippen LogP contribution in [0, 0.1) is 17.8 Å². The van der Waals surface area contributed by atoms with Gasteiger partial charge in [-0.05, 0) is 64.7 Å². The summed E-state index contributed by atoms with van der Waals surface area (Å²) in [7, 11) is 0. The van der Waals surface area contributed by atoms with Crippen molar-refractivity contribution in [2.24, 2.45) is 17.8 Å². The molecule has 2 bridgehead atoms. The fourth-order valence-corrected chi connectivity index (χ4v) is 3.68. The van der Waals surface area contributed by atoms with E-state index in [0.29, 0.717) is 5.92 Å². The van der Waals surface area contributed by atoms with Gasteiger partial charge < -0.3 is 10.6 Å². The zero-order chi connectivity index (χ0) is 14.2. The second-order valence-electron chi connectivity index (χ2n) is 7.30. The number of rotatable bonds is 2. The van der Waals surface area contributed by atoms with Crippen molar-refractivity contribution in [3.8, 4) is 0 Å². The van der Waals surface area contributed by atoms with Crippen molar-refractivity contribution < 1.29 is 9.59 Å². The fourth-order valence-electron chi connectivity index (χ4n) is 3.68. The van der Waals surface area contributed by atoms with Crippen molar-refractivity contribution >= 4 is 11.8 Å². The molecular weight excluding hydrogens is 240 g/mol. The third-order valence-corrected chi connectivity index (χ3v) is 4.49. The van der Waals surface area contributed by atoms with Gasteiger partial charge in [0.1, 0.15) is 0 Å². The first-order valence-corrected chi connectivity index (χ1v) is 7.39. The Morgan fingerprint density at radius 3 is 2.26 bits per heavy atom. The van der Waals surface area contributed by atoms with E-state index in [1.807, 2.05) is 27.7 Å². The molecule has 108 valence electrons. The molecular formula is C15H26N2O2. The third kappa shape index (κ3) is 3.48. The van der Waals surface area contributed by atoms with Crippen LogP contribution >= 0.6 is 0 Å². The van der Waals surface area contributed by atoms with E-state index in [1.54, 1.807) is 0 Å². The molecule has 2 fully saturated rings. The van der Waals surface area contributed by atoms with Gasteiger partial charge in [-0.2, -0.15) is 0 Å². The molecule has 4 nitrogen and oxygen atoms in total. The summed E-state index contributed by atoms with van der Waals surface area (Å²) in [5.41, 5.74) is -0.371. The van der Waals surface area contributed by atoms with Gasteiger partial charge in [-0.25, -0.2) is 0 Å². The van der Waals surface area contributed by atoms with E-state index in [9.17, 15) is 9.59 Å². The Labute approximate surface area is 115 Å². The lowest BCUT2D eigenvalue weighted by atomic mass is 9.84. The van der Waals surface area contributed by atoms with Crippen molar-refractivity contribution in [2.45, 2.75) is 65.0 Å². The van der Waals surface area contributed by atoms with Crippen LogP contribution in [-0.2, 0) is 9.59 Å². The highest BCUT2D eigenvalue weighted by Crippen LogP contribution is 2.49. The molecule has 0 aliphatic heterocycles. The summed E-state index contributed by atoms with van der Waals surface area (Å²) >= 11 is 0. The third-order valence-electron chi connectivity index (χ3n) is 4.49. The molecule has 0 aromatic heterocycles. The second kappa shape index (κ2) is 5.14. The van der Waals surface area contributed by atoms with Crippen LogP contribution in [0.5, 0.6) is 0 Å². The minimum atomic E-state index is -0.525. The molecule has 4 atom stereocenters. The van der Waals surface area contributed by atoms with E-state index < -0.39 is 11.8 Å². The molecule has 0 saturated heterocycles. The van der Waals surface area contributed by atoms with Crippen LogP contribution < -0.4 is 10.6 Å². The largest absolute Gasteiger partial charge is 0.345 e. The number of carbonyl (C=O) groups is 2. The highest BCUT2D eigenvalue weighted by atomic mass is 16.2. The van der Waals surface area contributed by atoms with Gasteiger partial charge >= 0.3 is 11.8 Å². The summed E-state index contributed by atoms with van der Waals surface area (Å²) in [4.78, 5) is 23.6. The molecule has 0 aromatic carbocycles. The molecule has 0 radical (unpaired) electrons. The Bertz CT molecular complexity index is 373. The summed E-state index contributed by atoms with van der Waals surface area (Å²) in [6.45, 7) is 7.65. The van der Waals surface area contributed by atoms with Crippen LogP contribution in [0.3, 0.4) is 0 Å². The summed E-state index contributed by atoms with van der Waals surface area (Å²) in [6, 6.07) is 0.105. The molecule has 0 spiro atoms. The summed E-state index contributed by atoms with van der Waals surface area (Å²) in [5.74, 6) is 1.15. The van der Waals surface area contributed by atoms with Gasteiger partial charge in [0.15, 0.2) is 0 Å². The molecule has 4 unspecified atom stereocenters. The van der Waals surface area contributed by atoms with Gasteiger partial charge in [-0.1, -0.05) is 6.42 Å². The molecule has 2 rings (SSSR count). The van der Waals surface area contributed by atoms with E-state index >= 15 is 0 Å². The first-order valence-electron chi connectivity index (χ1n) is 7.39. The molecule has 2 aliphatic rings. The maximum atomic E-state index is 11.9. The van der Waals surface area contributed by atoms with Gasteiger partial charge in [-0.3, -0.25) is 9.59 Å². The van der Waals surface area contributed by atoms with Crippen LogP contribution in [-0.4, -0.2) is 23.4 Å². The first-order chi connectivity index (χ1) is 8.76. The fraction of sp³-hybridized carbons (Fsp3) is 0.867. The number of hydrogen-bond acceptors (Lipinski definition) is 2. The minimum Gasteiger partial charge on any atom is -0.345 e. The minimum absolute atomic E-state index is 0.105. The highest BCUT2D eigenvalue weighted by Gasteiger charge is 2.42. The van der Waals surface area contributed by atoms with Crippen molar-refractivity contribution in [3.05, 3.63) is 0 Å². The standard InChI is InChI=1S/C15H26N2O2/c1-9(12-8-10-5-6-11(12)7-10)16-13(18)14(19)17-15(2,3)4/h9-12H,5-8H2,1-4H3,(H,16,18)(H,17,19). The van der Waals surface area contributed by atoms with E-state index in [0.717, 1.165) is 11.8 Å². The molecule has 4 heteroatoms. The summed E-state index contributed by atoms with van der Waals surface area (Å²) in [5, 5.41) is 5.58. The number of carbonyl (C=O) groups excluding carboxylic acids is 2. The summed E-state index contributed by atoms with van der Waals surface area (Å²) in [6.07, 6.45) is 5.18. The molecule has 2 aliphatic carbocycles. The first kappa shape index (κ1) is 14.4. The van der Waals surface area contributed by atoms with Gasteiger partial charge in [0.05, 0.1) is 0 Å². The SMILES string of the molecule is CC(NC(=O)C(=O)NC(C)(C)C)C1CC2CCC1C2. The Morgan fingerprint density at radius 2 is 1.79 bits per heavy atom. The Morgan fingerprint density at radius 1 is 1.11 bits per heavy atom. The van der Waals surface area contributed by atoms with E-state index in [2.05, 4.69) is 10.6 Å². The van der Waals surface area contributed by atoms with Crippen LogP contribution in [0.25, 0.3) is 0 Å². The average Bonchev–Trinajstić information content (AvgIpc) is 2.87. The van der Waals surface area contributed by atoms with E-state index in [4.69, 9.17) is 0 Å². The number of amides is 2. The Kier molecular flexibility index (Phi) is 3.88. The van der Waals surface area contributed by atoms with Crippen LogP contribution in [0.15, 0.2) is 0 Å². The number of nitrogens with one attached hydrogen (secondary N) is 2. The summed E-state index contributed by atoms with van der Waals surface area (Å²) < 4.78 is 0. The van der Waals surface area contributed by atoms with Crippen molar-refractivity contribution in [1.82, 2.24) is 10.6 Å². The Balaban J connectivity index is 1.83. The topological polar surface area (TPSA) is 58.2 Å². The lowest BCUT2D eigenvalue weighted by Crippen LogP contribution is -2.51. The van der Waals surface area contributed by atoms with E-state index in [1.165, 1.54) is 25.7 Å². The average molecular weight is 266 g/mol. The van der Waals surface area contributed by atoms with Crippen LogP contribution in [0.1, 0.15) is 53.4 Å². The van der Waals surface area contributed by atoms with E-state index in [-0.39, 0.29) is 11.6 Å². The molecule has 2 N–H and O–H groups in total. The van der Waals surface area contributed by atoms with Crippen LogP contribution in [0.4, 0.5) is 0 Å². The smallest absolute Gasteiger partial charge is 0.309 e. The van der Waals surface area contributed by atoms with Gasteiger partial charge in [0.25, 0.3) is 0 Å². The van der Waals surface area contributed by atoms with Gasteiger partial charge in [0, 0.05) is 11.6 Å². The molecule has 0 aromatic rings. The van der Waals surface area contributed by atoms with Crippen molar-refractivity contribution in [2.75, 3.05) is 0 Å². The Hall–Kier alpha value is -1.06. The lowest BCUT2D eigenvalue weighted by molar-refractivity contribution is -0.140. The molecule has 0 heterocycles. The van der Waals surface area contributed by atoms with Crippen LogP contribution in [0.2, 0.25) is 0 Å². The normalized spacial score (nSPS) is 31.1. The predicted octanol–water partition coefficient (Wildman–Crippen LogP) is 1.84. The maximum absolute atomic E-state index is 11.9. The molecule has 19 heavy (non-hydrogen) atoms. The number of hydrogen-bond donors (Lipinski definition) is 2. The molecule has 2 amide bonds. The van der Waals surface area contributed by atoms with Gasteiger partial charge in [-0.15, -0.1) is 0 Å².